The van der Waals surface area contributed by atoms with Crippen molar-refractivity contribution in [1.82, 2.24) is 9.62 Å². The third-order valence-corrected chi connectivity index (χ3v) is 7.30. The maximum absolute atomic E-state index is 14.4. The molecular formula is C25H27ClFN3O3S. The highest BCUT2D eigenvalue weighted by Gasteiger charge is 2.27. The SMILES string of the molecule is CN(C)S(=O)(=O)N(Cc1ccc(C(=O)NCCCc2ccc(Cl)cc2)cc1)c1ccccc1F. The van der Waals surface area contributed by atoms with Gasteiger partial charge in [-0.3, -0.25) is 9.10 Å². The van der Waals surface area contributed by atoms with Crippen LogP contribution < -0.4 is 9.62 Å². The van der Waals surface area contributed by atoms with Crippen molar-refractivity contribution in [1.29, 1.82) is 0 Å². The molecule has 9 heteroatoms. The number of nitrogens with one attached hydrogen (secondary N) is 1. The molecule has 0 radical (unpaired) electrons. The zero-order valence-electron chi connectivity index (χ0n) is 19.0. The van der Waals surface area contributed by atoms with E-state index >= 15 is 0 Å². The molecule has 3 aromatic rings. The van der Waals surface area contributed by atoms with Gasteiger partial charge in [-0.15, -0.1) is 0 Å². The Balaban J connectivity index is 1.63. The number of rotatable bonds is 10. The lowest BCUT2D eigenvalue weighted by atomic mass is 10.1. The van der Waals surface area contributed by atoms with Crippen molar-refractivity contribution in [3.63, 3.8) is 0 Å². The van der Waals surface area contributed by atoms with Gasteiger partial charge in [-0.05, 0) is 60.4 Å². The van der Waals surface area contributed by atoms with Gasteiger partial charge in [0.1, 0.15) is 5.82 Å². The molecule has 0 fully saturated rings. The van der Waals surface area contributed by atoms with Gasteiger partial charge in [0.05, 0.1) is 12.2 Å². The van der Waals surface area contributed by atoms with E-state index in [4.69, 9.17) is 11.6 Å². The van der Waals surface area contributed by atoms with Crippen LogP contribution in [-0.4, -0.2) is 39.3 Å². The number of nitrogens with zero attached hydrogens (tertiary/aromatic N) is 2. The van der Waals surface area contributed by atoms with Gasteiger partial charge in [0.2, 0.25) is 0 Å². The minimum Gasteiger partial charge on any atom is -0.352 e. The van der Waals surface area contributed by atoms with Crippen LogP contribution in [0.15, 0.2) is 72.8 Å². The summed E-state index contributed by atoms with van der Waals surface area (Å²) >= 11 is 5.89. The smallest absolute Gasteiger partial charge is 0.303 e. The van der Waals surface area contributed by atoms with Crippen LogP contribution in [0.2, 0.25) is 5.02 Å². The molecule has 6 nitrogen and oxygen atoms in total. The molecule has 0 spiro atoms. The summed E-state index contributed by atoms with van der Waals surface area (Å²) in [5.74, 6) is -0.850. The largest absolute Gasteiger partial charge is 0.352 e. The second-order valence-electron chi connectivity index (χ2n) is 7.93. The Bertz CT molecular complexity index is 1220. The monoisotopic (exact) mass is 503 g/mol. The van der Waals surface area contributed by atoms with E-state index < -0.39 is 16.0 Å². The van der Waals surface area contributed by atoms with Crippen LogP contribution in [0.5, 0.6) is 0 Å². The van der Waals surface area contributed by atoms with Gasteiger partial charge in [0.15, 0.2) is 0 Å². The molecule has 34 heavy (non-hydrogen) atoms. The van der Waals surface area contributed by atoms with Crippen molar-refractivity contribution in [3.05, 3.63) is 100 Å². The Hall–Kier alpha value is -2.94. The molecular weight excluding hydrogens is 477 g/mol. The summed E-state index contributed by atoms with van der Waals surface area (Å²) in [6, 6.07) is 19.9. The zero-order valence-corrected chi connectivity index (χ0v) is 20.6. The number of para-hydroxylation sites is 1. The van der Waals surface area contributed by atoms with E-state index in [0.29, 0.717) is 22.7 Å². The molecule has 3 rings (SSSR count). The predicted octanol–water partition coefficient (Wildman–Crippen LogP) is 4.65. The van der Waals surface area contributed by atoms with Crippen molar-refractivity contribution in [2.45, 2.75) is 19.4 Å². The summed E-state index contributed by atoms with van der Waals surface area (Å²) in [5.41, 5.74) is 2.19. The fourth-order valence-electron chi connectivity index (χ4n) is 3.32. The van der Waals surface area contributed by atoms with E-state index in [9.17, 15) is 17.6 Å². The van der Waals surface area contributed by atoms with E-state index in [1.807, 2.05) is 24.3 Å². The Labute approximate surface area is 205 Å². The number of halogens is 2. The fourth-order valence-corrected chi connectivity index (χ4v) is 4.55. The zero-order chi connectivity index (χ0) is 24.7. The summed E-state index contributed by atoms with van der Waals surface area (Å²) in [7, 11) is -1.15. The first-order valence-electron chi connectivity index (χ1n) is 10.7. The van der Waals surface area contributed by atoms with Gasteiger partial charge in [-0.1, -0.05) is 48.0 Å². The van der Waals surface area contributed by atoms with E-state index in [1.54, 1.807) is 30.3 Å². The van der Waals surface area contributed by atoms with Gasteiger partial charge in [0, 0.05) is 31.2 Å². The Morgan fingerprint density at radius 1 is 0.941 bits per heavy atom. The average molecular weight is 504 g/mol. The molecule has 0 heterocycles. The molecule has 0 aromatic heterocycles. The molecule has 0 unspecified atom stereocenters. The molecule has 0 atom stereocenters. The number of anilines is 1. The number of carbonyl (C=O) groups is 1. The predicted molar refractivity (Wildman–Crippen MR) is 134 cm³/mol. The number of carbonyl (C=O) groups excluding carboxylic acids is 1. The molecule has 0 aliphatic rings. The van der Waals surface area contributed by atoms with Gasteiger partial charge in [0.25, 0.3) is 5.91 Å². The first-order chi connectivity index (χ1) is 16.2. The molecule has 0 saturated heterocycles. The van der Waals surface area contributed by atoms with Gasteiger partial charge in [-0.25, -0.2) is 4.39 Å². The maximum Gasteiger partial charge on any atom is 0.303 e. The van der Waals surface area contributed by atoms with Gasteiger partial charge in [-0.2, -0.15) is 12.7 Å². The Kier molecular flexibility index (Phi) is 8.66. The topological polar surface area (TPSA) is 69.7 Å². The van der Waals surface area contributed by atoms with Crippen LogP contribution in [-0.2, 0) is 23.2 Å². The quantitative estimate of drug-likeness (QED) is 0.409. The molecule has 1 N–H and O–H groups in total. The van der Waals surface area contributed by atoms with Crippen molar-refractivity contribution >= 4 is 33.4 Å². The lowest BCUT2D eigenvalue weighted by Gasteiger charge is -2.27. The van der Waals surface area contributed by atoms with E-state index in [1.165, 1.54) is 32.3 Å². The summed E-state index contributed by atoms with van der Waals surface area (Å²) in [6.07, 6.45) is 1.61. The third kappa shape index (κ3) is 6.56. The van der Waals surface area contributed by atoms with Crippen molar-refractivity contribution in [2.75, 3.05) is 24.9 Å². The van der Waals surface area contributed by atoms with Crippen molar-refractivity contribution in [3.8, 4) is 0 Å². The van der Waals surface area contributed by atoms with E-state index in [0.717, 1.165) is 27.0 Å². The van der Waals surface area contributed by atoms with Crippen molar-refractivity contribution < 1.29 is 17.6 Å². The Morgan fingerprint density at radius 3 is 2.18 bits per heavy atom. The van der Waals surface area contributed by atoms with Crippen LogP contribution in [0.25, 0.3) is 0 Å². The van der Waals surface area contributed by atoms with Crippen LogP contribution in [0.3, 0.4) is 0 Å². The minimum absolute atomic E-state index is 0.0429. The molecule has 1 amide bonds. The molecule has 0 aliphatic heterocycles. The molecule has 180 valence electrons. The highest BCUT2D eigenvalue weighted by Crippen LogP contribution is 2.25. The summed E-state index contributed by atoms with van der Waals surface area (Å²) in [4.78, 5) is 12.5. The van der Waals surface area contributed by atoms with E-state index in [2.05, 4.69) is 5.32 Å². The van der Waals surface area contributed by atoms with Crippen LogP contribution in [0, 0.1) is 5.82 Å². The van der Waals surface area contributed by atoms with Gasteiger partial charge < -0.3 is 5.32 Å². The number of amides is 1. The highest BCUT2D eigenvalue weighted by molar-refractivity contribution is 7.90. The number of hydrogen-bond donors (Lipinski definition) is 1. The standard InChI is InChI=1S/C25H27ClFN3O3S/c1-29(2)34(32,33)30(24-8-4-3-7-23(24)27)18-20-9-13-21(14-10-20)25(31)28-17-5-6-19-11-15-22(26)16-12-19/h3-4,7-16H,5-6,17-18H2,1-2H3,(H,28,31). The summed E-state index contributed by atoms with van der Waals surface area (Å²) < 4.78 is 42.1. The first-order valence-corrected chi connectivity index (χ1v) is 12.5. The molecule has 3 aromatic carbocycles. The fraction of sp³-hybridized carbons (Fsp3) is 0.240. The minimum atomic E-state index is -3.94. The Morgan fingerprint density at radius 2 is 1.56 bits per heavy atom. The van der Waals surface area contributed by atoms with Crippen LogP contribution in [0.4, 0.5) is 10.1 Å². The summed E-state index contributed by atoms with van der Waals surface area (Å²) in [6.45, 7) is 0.440. The third-order valence-electron chi connectivity index (χ3n) is 5.24. The number of aryl methyl sites for hydroxylation is 1. The van der Waals surface area contributed by atoms with Crippen LogP contribution in [0.1, 0.15) is 27.9 Å². The number of benzene rings is 3. The second-order valence-corrected chi connectivity index (χ2v) is 10.4. The average Bonchev–Trinajstić information content (AvgIpc) is 2.82. The first kappa shape index (κ1) is 25.7. The number of hydrogen-bond acceptors (Lipinski definition) is 3. The lowest BCUT2D eigenvalue weighted by Crippen LogP contribution is -2.40. The second kappa shape index (κ2) is 11.5. The lowest BCUT2D eigenvalue weighted by molar-refractivity contribution is 0.0953. The van der Waals surface area contributed by atoms with Gasteiger partial charge >= 0.3 is 10.2 Å². The highest BCUT2D eigenvalue weighted by atomic mass is 35.5. The maximum atomic E-state index is 14.4. The van der Waals surface area contributed by atoms with E-state index in [-0.39, 0.29) is 18.1 Å². The van der Waals surface area contributed by atoms with Crippen LogP contribution >= 0.6 is 11.6 Å². The molecule has 0 saturated carbocycles. The summed E-state index contributed by atoms with van der Waals surface area (Å²) in [5, 5.41) is 3.58. The van der Waals surface area contributed by atoms with Crippen molar-refractivity contribution in [2.24, 2.45) is 0 Å². The molecule has 0 bridgehead atoms. The molecule has 0 aliphatic carbocycles. The normalized spacial score (nSPS) is 11.4.